The number of hydrogen-bond donors (Lipinski definition) is 0. The standard InChI is InChI=1S/C18H18N4O3/c1-14-20-13-17(22(23)24)21(14)10-11-25-18(15-6-3-2-4-7-15)16-8-5-9-19-12-16/h2-9,12-13,18H,10-11H2,1H3. The van der Waals surface area contributed by atoms with Gasteiger partial charge in [0, 0.05) is 24.9 Å². The van der Waals surface area contributed by atoms with Crippen molar-refractivity contribution in [2.75, 3.05) is 6.61 Å². The van der Waals surface area contributed by atoms with E-state index in [2.05, 4.69) is 9.97 Å². The zero-order valence-corrected chi connectivity index (χ0v) is 13.8. The molecule has 7 nitrogen and oxygen atoms in total. The molecule has 3 rings (SSSR count). The van der Waals surface area contributed by atoms with Gasteiger partial charge in [-0.25, -0.2) is 9.55 Å². The van der Waals surface area contributed by atoms with Crippen LogP contribution in [0.3, 0.4) is 0 Å². The van der Waals surface area contributed by atoms with Crippen LogP contribution in [0.15, 0.2) is 61.1 Å². The summed E-state index contributed by atoms with van der Waals surface area (Å²) < 4.78 is 7.61. The third-order valence-electron chi connectivity index (χ3n) is 3.91. The maximum atomic E-state index is 11.1. The van der Waals surface area contributed by atoms with Gasteiger partial charge in [0.1, 0.15) is 18.8 Å². The fourth-order valence-electron chi connectivity index (χ4n) is 2.68. The van der Waals surface area contributed by atoms with Crippen molar-refractivity contribution >= 4 is 5.82 Å². The second-order valence-electron chi connectivity index (χ2n) is 5.52. The lowest BCUT2D eigenvalue weighted by molar-refractivity contribution is -0.392. The summed E-state index contributed by atoms with van der Waals surface area (Å²) in [5, 5.41) is 11.1. The van der Waals surface area contributed by atoms with Crippen LogP contribution in [0.4, 0.5) is 5.82 Å². The Balaban J connectivity index is 1.76. The quantitative estimate of drug-likeness (QED) is 0.487. The van der Waals surface area contributed by atoms with Crippen LogP contribution >= 0.6 is 0 Å². The van der Waals surface area contributed by atoms with Crippen molar-refractivity contribution in [2.24, 2.45) is 0 Å². The molecule has 7 heteroatoms. The summed E-state index contributed by atoms with van der Waals surface area (Å²) in [6, 6.07) is 13.6. The Morgan fingerprint density at radius 1 is 1.16 bits per heavy atom. The molecule has 0 saturated carbocycles. The Morgan fingerprint density at radius 3 is 2.60 bits per heavy atom. The Morgan fingerprint density at radius 2 is 1.92 bits per heavy atom. The molecule has 25 heavy (non-hydrogen) atoms. The summed E-state index contributed by atoms with van der Waals surface area (Å²) in [5.41, 5.74) is 1.94. The summed E-state index contributed by atoms with van der Waals surface area (Å²) >= 11 is 0. The number of nitro groups is 1. The monoisotopic (exact) mass is 338 g/mol. The molecular weight excluding hydrogens is 320 g/mol. The van der Waals surface area contributed by atoms with Crippen LogP contribution in [-0.2, 0) is 11.3 Å². The van der Waals surface area contributed by atoms with Crippen LogP contribution < -0.4 is 0 Å². The number of pyridine rings is 1. The van der Waals surface area contributed by atoms with Gasteiger partial charge >= 0.3 is 5.82 Å². The van der Waals surface area contributed by atoms with Crippen molar-refractivity contribution in [2.45, 2.75) is 19.6 Å². The highest BCUT2D eigenvalue weighted by atomic mass is 16.6. The lowest BCUT2D eigenvalue weighted by atomic mass is 10.0. The molecule has 0 spiro atoms. The van der Waals surface area contributed by atoms with E-state index in [1.165, 1.54) is 6.20 Å². The van der Waals surface area contributed by atoms with Gasteiger partial charge in [0.05, 0.1) is 6.61 Å². The summed E-state index contributed by atoms with van der Waals surface area (Å²) in [4.78, 5) is 18.8. The highest BCUT2D eigenvalue weighted by Crippen LogP contribution is 2.25. The van der Waals surface area contributed by atoms with E-state index in [4.69, 9.17) is 4.74 Å². The van der Waals surface area contributed by atoms with Gasteiger partial charge in [-0.2, -0.15) is 0 Å². The summed E-state index contributed by atoms with van der Waals surface area (Å²) in [6.07, 6.45) is 4.47. The minimum atomic E-state index is -0.435. The van der Waals surface area contributed by atoms with E-state index in [9.17, 15) is 10.1 Å². The number of ether oxygens (including phenoxy) is 1. The molecule has 128 valence electrons. The maximum absolute atomic E-state index is 11.1. The van der Waals surface area contributed by atoms with Crippen molar-refractivity contribution < 1.29 is 9.66 Å². The van der Waals surface area contributed by atoms with Gasteiger partial charge in [-0.1, -0.05) is 36.4 Å². The van der Waals surface area contributed by atoms with Gasteiger partial charge in [-0.15, -0.1) is 0 Å². The first-order chi connectivity index (χ1) is 12.2. The van der Waals surface area contributed by atoms with Crippen molar-refractivity contribution in [3.63, 3.8) is 0 Å². The van der Waals surface area contributed by atoms with E-state index in [0.717, 1.165) is 11.1 Å². The zero-order valence-electron chi connectivity index (χ0n) is 13.8. The van der Waals surface area contributed by atoms with Gasteiger partial charge in [-0.05, 0) is 16.6 Å². The molecule has 0 amide bonds. The van der Waals surface area contributed by atoms with E-state index in [0.29, 0.717) is 19.0 Å². The van der Waals surface area contributed by atoms with Gasteiger partial charge in [-0.3, -0.25) is 4.98 Å². The molecule has 0 saturated heterocycles. The van der Waals surface area contributed by atoms with Crippen molar-refractivity contribution in [3.8, 4) is 0 Å². The summed E-state index contributed by atoms with van der Waals surface area (Å²) in [7, 11) is 0. The van der Waals surface area contributed by atoms with Crippen molar-refractivity contribution in [1.82, 2.24) is 14.5 Å². The lowest BCUT2D eigenvalue weighted by Crippen LogP contribution is -2.14. The molecule has 1 aromatic carbocycles. The average molecular weight is 338 g/mol. The average Bonchev–Trinajstić information content (AvgIpc) is 3.01. The minimum Gasteiger partial charge on any atom is -0.365 e. The summed E-state index contributed by atoms with van der Waals surface area (Å²) in [5.74, 6) is 0.562. The summed E-state index contributed by atoms with van der Waals surface area (Å²) in [6.45, 7) is 2.40. The Labute approximate surface area is 145 Å². The van der Waals surface area contributed by atoms with Crippen LogP contribution in [0.2, 0.25) is 0 Å². The molecule has 2 heterocycles. The predicted molar refractivity (Wildman–Crippen MR) is 92.1 cm³/mol. The van der Waals surface area contributed by atoms with Crippen molar-refractivity contribution in [3.05, 3.63) is 88.1 Å². The molecule has 2 aromatic heterocycles. The molecule has 0 fully saturated rings. The number of benzene rings is 1. The molecule has 0 aliphatic carbocycles. The first-order valence-corrected chi connectivity index (χ1v) is 7.90. The van der Waals surface area contributed by atoms with Crippen LogP contribution in [0, 0.1) is 17.0 Å². The fraction of sp³-hybridized carbons (Fsp3) is 0.222. The predicted octanol–water partition coefficient (Wildman–Crippen LogP) is 3.30. The molecule has 0 radical (unpaired) electrons. The Bertz CT molecular complexity index is 795. The first-order valence-electron chi connectivity index (χ1n) is 7.90. The van der Waals surface area contributed by atoms with Gasteiger partial charge in [0.15, 0.2) is 5.82 Å². The SMILES string of the molecule is Cc1ncc([N+](=O)[O-])n1CCOC(c1ccccc1)c1cccnc1. The van der Waals surface area contributed by atoms with Crippen molar-refractivity contribution in [1.29, 1.82) is 0 Å². The molecule has 1 atom stereocenters. The molecular formula is C18H18N4O3. The number of aryl methyl sites for hydroxylation is 1. The topological polar surface area (TPSA) is 83.1 Å². The lowest BCUT2D eigenvalue weighted by Gasteiger charge is -2.18. The molecule has 0 bridgehead atoms. The largest absolute Gasteiger partial charge is 0.365 e. The highest BCUT2D eigenvalue weighted by molar-refractivity contribution is 5.28. The van der Waals surface area contributed by atoms with Crippen LogP contribution in [0.1, 0.15) is 23.1 Å². The number of rotatable bonds is 7. The number of imidazole rings is 1. The van der Waals surface area contributed by atoms with Gasteiger partial charge < -0.3 is 14.9 Å². The number of nitrogens with zero attached hydrogens (tertiary/aromatic N) is 4. The molecule has 0 N–H and O–H groups in total. The van der Waals surface area contributed by atoms with Gasteiger partial charge in [0.2, 0.25) is 0 Å². The smallest absolute Gasteiger partial charge is 0.342 e. The van der Waals surface area contributed by atoms with E-state index >= 15 is 0 Å². The van der Waals surface area contributed by atoms with Crippen LogP contribution in [0.5, 0.6) is 0 Å². The Hall–Kier alpha value is -3.06. The Kier molecular flexibility index (Phi) is 5.15. The minimum absolute atomic E-state index is 0.0289. The fourth-order valence-corrected chi connectivity index (χ4v) is 2.68. The zero-order chi connectivity index (χ0) is 17.6. The first kappa shape index (κ1) is 16.8. The third-order valence-corrected chi connectivity index (χ3v) is 3.91. The van der Waals surface area contributed by atoms with E-state index in [-0.39, 0.29) is 11.9 Å². The molecule has 1 unspecified atom stereocenters. The number of aromatic nitrogens is 3. The second kappa shape index (κ2) is 7.67. The molecule has 0 aliphatic heterocycles. The van der Waals surface area contributed by atoms with E-state index < -0.39 is 4.92 Å². The second-order valence-corrected chi connectivity index (χ2v) is 5.52. The molecule has 0 aliphatic rings. The van der Waals surface area contributed by atoms with E-state index in [1.54, 1.807) is 23.9 Å². The number of hydrogen-bond acceptors (Lipinski definition) is 5. The van der Waals surface area contributed by atoms with Crippen LogP contribution in [-0.4, -0.2) is 26.1 Å². The third kappa shape index (κ3) is 3.89. The maximum Gasteiger partial charge on any atom is 0.342 e. The highest BCUT2D eigenvalue weighted by Gasteiger charge is 2.19. The van der Waals surface area contributed by atoms with E-state index in [1.807, 2.05) is 42.5 Å². The molecule has 3 aromatic rings. The normalized spacial score (nSPS) is 12.0. The van der Waals surface area contributed by atoms with Crippen LogP contribution in [0.25, 0.3) is 0 Å². The van der Waals surface area contributed by atoms with Gasteiger partial charge in [0.25, 0.3) is 0 Å².